The molecular weight excluding hydrogens is 374 g/mol. The summed E-state index contributed by atoms with van der Waals surface area (Å²) in [5.41, 5.74) is 4.20. The van der Waals surface area contributed by atoms with Crippen molar-refractivity contribution >= 4 is 40.3 Å². The Bertz CT molecular complexity index is 956. The Labute approximate surface area is 159 Å². The second-order valence-electron chi connectivity index (χ2n) is 6.24. The molecule has 0 bridgehead atoms. The SMILES string of the molecule is O=C(CN1CCCCCC1=O)NNC(=O)c1cc(=O)c2cc(Cl)ccc2o1. The quantitative estimate of drug-likeness (QED) is 0.772. The van der Waals surface area contributed by atoms with E-state index in [1.807, 2.05) is 0 Å². The maximum atomic E-state index is 12.2. The van der Waals surface area contributed by atoms with Crippen LogP contribution in [-0.4, -0.2) is 35.7 Å². The van der Waals surface area contributed by atoms with Gasteiger partial charge < -0.3 is 9.32 Å². The van der Waals surface area contributed by atoms with Crippen LogP contribution in [0.5, 0.6) is 0 Å². The van der Waals surface area contributed by atoms with Gasteiger partial charge in [-0.3, -0.25) is 30.0 Å². The van der Waals surface area contributed by atoms with Gasteiger partial charge in [0.05, 0.1) is 5.39 Å². The molecule has 0 unspecified atom stereocenters. The number of hydrogen-bond acceptors (Lipinski definition) is 5. The van der Waals surface area contributed by atoms with Crippen LogP contribution < -0.4 is 16.3 Å². The third kappa shape index (κ3) is 4.65. The first-order valence-electron chi connectivity index (χ1n) is 8.54. The highest BCUT2D eigenvalue weighted by Crippen LogP contribution is 2.17. The first-order valence-corrected chi connectivity index (χ1v) is 8.92. The molecule has 3 rings (SSSR count). The summed E-state index contributed by atoms with van der Waals surface area (Å²) in [6, 6.07) is 5.50. The molecule has 2 aromatic rings. The Balaban J connectivity index is 1.62. The van der Waals surface area contributed by atoms with Crippen LogP contribution in [0.15, 0.2) is 33.5 Å². The predicted octanol–water partition coefficient (Wildman–Crippen LogP) is 1.61. The number of fused-ring (bicyclic) bond motifs is 1. The van der Waals surface area contributed by atoms with Crippen LogP contribution in [-0.2, 0) is 9.59 Å². The van der Waals surface area contributed by atoms with Crippen LogP contribution in [0.4, 0.5) is 0 Å². The zero-order valence-corrected chi connectivity index (χ0v) is 15.2. The van der Waals surface area contributed by atoms with Crippen LogP contribution >= 0.6 is 11.6 Å². The summed E-state index contributed by atoms with van der Waals surface area (Å²) in [6.45, 7) is 0.377. The van der Waals surface area contributed by atoms with Gasteiger partial charge in [-0.1, -0.05) is 18.0 Å². The molecule has 0 atom stereocenters. The lowest BCUT2D eigenvalue weighted by Gasteiger charge is -2.19. The lowest BCUT2D eigenvalue weighted by molar-refractivity contribution is -0.135. The molecule has 1 saturated heterocycles. The molecule has 1 aliphatic rings. The van der Waals surface area contributed by atoms with Crippen molar-refractivity contribution in [3.05, 3.63) is 45.3 Å². The summed E-state index contributed by atoms with van der Waals surface area (Å²) in [5, 5.41) is 0.630. The maximum absolute atomic E-state index is 12.2. The number of nitrogens with one attached hydrogen (secondary N) is 2. The second kappa shape index (κ2) is 8.22. The van der Waals surface area contributed by atoms with Crippen LogP contribution in [0.1, 0.15) is 36.2 Å². The average molecular weight is 392 g/mol. The number of rotatable bonds is 3. The summed E-state index contributed by atoms with van der Waals surface area (Å²) in [4.78, 5) is 49.6. The minimum absolute atomic E-state index is 0.0758. The van der Waals surface area contributed by atoms with Crippen LogP contribution in [0.25, 0.3) is 11.0 Å². The summed E-state index contributed by atoms with van der Waals surface area (Å²) in [5.74, 6) is -1.64. The van der Waals surface area contributed by atoms with Crippen molar-refractivity contribution in [1.29, 1.82) is 0 Å². The molecule has 9 heteroatoms. The Hall–Kier alpha value is -2.87. The van der Waals surface area contributed by atoms with E-state index < -0.39 is 17.2 Å². The summed E-state index contributed by atoms with van der Waals surface area (Å²) >= 11 is 5.84. The molecule has 1 aromatic heterocycles. The number of nitrogens with zero attached hydrogens (tertiary/aromatic N) is 1. The minimum Gasteiger partial charge on any atom is -0.451 e. The molecule has 0 radical (unpaired) electrons. The van der Waals surface area contributed by atoms with Crippen molar-refractivity contribution in [3.8, 4) is 0 Å². The molecular formula is C18H18ClN3O5. The number of likely N-dealkylation sites (tertiary alicyclic amines) is 1. The standard InChI is InChI=1S/C18H18ClN3O5/c19-11-5-6-14-12(8-11)13(23)9-15(27-14)18(26)21-20-16(24)10-22-7-3-1-2-4-17(22)25/h5-6,8-9H,1-4,7,10H2,(H,20,24)(H,21,26). The van der Waals surface area contributed by atoms with Gasteiger partial charge in [0.25, 0.3) is 5.91 Å². The third-order valence-electron chi connectivity index (χ3n) is 4.23. The zero-order valence-electron chi connectivity index (χ0n) is 14.4. The van der Waals surface area contributed by atoms with Gasteiger partial charge >= 0.3 is 5.91 Å². The first kappa shape index (κ1) is 18.9. The average Bonchev–Trinajstić information content (AvgIpc) is 2.84. The fraction of sp³-hybridized carbons (Fsp3) is 0.333. The van der Waals surface area contributed by atoms with E-state index in [1.54, 1.807) is 0 Å². The molecule has 0 spiro atoms. The van der Waals surface area contributed by atoms with Crippen LogP contribution in [0.3, 0.4) is 0 Å². The smallest absolute Gasteiger partial charge is 0.305 e. The lowest BCUT2D eigenvalue weighted by atomic mass is 10.2. The van der Waals surface area contributed by atoms with Gasteiger partial charge in [0.1, 0.15) is 12.1 Å². The van der Waals surface area contributed by atoms with Gasteiger partial charge in [-0.15, -0.1) is 0 Å². The van der Waals surface area contributed by atoms with Gasteiger partial charge in [0.2, 0.25) is 5.91 Å². The number of amides is 3. The second-order valence-corrected chi connectivity index (χ2v) is 6.68. The van der Waals surface area contributed by atoms with Crippen molar-refractivity contribution in [2.45, 2.75) is 25.7 Å². The van der Waals surface area contributed by atoms with E-state index in [9.17, 15) is 19.2 Å². The fourth-order valence-corrected chi connectivity index (χ4v) is 3.02. The van der Waals surface area contributed by atoms with Crippen molar-refractivity contribution < 1.29 is 18.8 Å². The van der Waals surface area contributed by atoms with E-state index in [2.05, 4.69) is 10.9 Å². The van der Waals surface area contributed by atoms with E-state index in [1.165, 1.54) is 23.1 Å². The van der Waals surface area contributed by atoms with Crippen molar-refractivity contribution in [1.82, 2.24) is 15.8 Å². The van der Waals surface area contributed by atoms with E-state index in [0.717, 1.165) is 25.3 Å². The molecule has 3 amide bonds. The van der Waals surface area contributed by atoms with Gasteiger partial charge in [0.15, 0.2) is 11.2 Å². The molecule has 2 heterocycles. The molecule has 27 heavy (non-hydrogen) atoms. The van der Waals surface area contributed by atoms with Gasteiger partial charge in [-0.25, -0.2) is 0 Å². The zero-order chi connectivity index (χ0) is 19.4. The van der Waals surface area contributed by atoms with Crippen molar-refractivity contribution in [2.24, 2.45) is 0 Å². The van der Waals surface area contributed by atoms with Gasteiger partial charge in [-0.05, 0) is 31.0 Å². The van der Waals surface area contributed by atoms with E-state index in [-0.39, 0.29) is 29.2 Å². The molecule has 8 nitrogen and oxygen atoms in total. The number of benzene rings is 1. The highest BCUT2D eigenvalue weighted by molar-refractivity contribution is 6.31. The number of carbonyl (C=O) groups is 3. The normalized spacial score (nSPS) is 14.7. The van der Waals surface area contributed by atoms with Crippen LogP contribution in [0, 0.1) is 0 Å². The maximum Gasteiger partial charge on any atom is 0.305 e. The largest absolute Gasteiger partial charge is 0.451 e. The predicted molar refractivity (Wildman–Crippen MR) is 98.2 cm³/mol. The fourth-order valence-electron chi connectivity index (χ4n) is 2.85. The first-order chi connectivity index (χ1) is 12.9. The van der Waals surface area contributed by atoms with E-state index in [4.69, 9.17) is 16.0 Å². The highest BCUT2D eigenvalue weighted by Gasteiger charge is 2.20. The Morgan fingerprint density at radius 3 is 2.74 bits per heavy atom. The summed E-state index contributed by atoms with van der Waals surface area (Å²) in [6.07, 6.45) is 3.04. The topological polar surface area (TPSA) is 109 Å². The number of hydrogen-bond donors (Lipinski definition) is 2. The Kier molecular flexibility index (Phi) is 5.75. The lowest BCUT2D eigenvalue weighted by Crippen LogP contribution is -2.47. The molecule has 0 saturated carbocycles. The summed E-state index contributed by atoms with van der Waals surface area (Å²) in [7, 11) is 0. The highest BCUT2D eigenvalue weighted by atomic mass is 35.5. The monoisotopic (exact) mass is 391 g/mol. The summed E-state index contributed by atoms with van der Waals surface area (Å²) < 4.78 is 5.39. The molecule has 1 fully saturated rings. The Morgan fingerprint density at radius 1 is 1.11 bits per heavy atom. The van der Waals surface area contributed by atoms with E-state index >= 15 is 0 Å². The molecule has 2 N–H and O–H groups in total. The van der Waals surface area contributed by atoms with E-state index in [0.29, 0.717) is 18.0 Å². The third-order valence-corrected chi connectivity index (χ3v) is 4.47. The molecule has 0 aliphatic carbocycles. The van der Waals surface area contributed by atoms with Gasteiger partial charge in [0, 0.05) is 24.1 Å². The molecule has 1 aliphatic heterocycles. The minimum atomic E-state index is -0.778. The number of halogens is 1. The number of carbonyl (C=O) groups excluding carboxylic acids is 3. The Morgan fingerprint density at radius 2 is 1.93 bits per heavy atom. The van der Waals surface area contributed by atoms with Crippen molar-refractivity contribution in [2.75, 3.05) is 13.1 Å². The van der Waals surface area contributed by atoms with Gasteiger partial charge in [-0.2, -0.15) is 0 Å². The van der Waals surface area contributed by atoms with Crippen LogP contribution in [0.2, 0.25) is 5.02 Å². The number of hydrazine groups is 1. The molecule has 1 aromatic carbocycles. The van der Waals surface area contributed by atoms with Crippen molar-refractivity contribution in [3.63, 3.8) is 0 Å². The molecule has 142 valence electrons.